The Balaban J connectivity index is 2.78. The Kier molecular flexibility index (Phi) is 2.52. The lowest BCUT2D eigenvalue weighted by molar-refractivity contribution is -0.111. The molecule has 15 heavy (non-hydrogen) atoms. The predicted octanol–water partition coefficient (Wildman–Crippen LogP) is 2.84. The minimum absolute atomic E-state index is 0.0851. The first-order valence-electron chi connectivity index (χ1n) is 4.00. The van der Waals surface area contributed by atoms with Gasteiger partial charge < -0.3 is 5.11 Å². The summed E-state index contributed by atoms with van der Waals surface area (Å²) >= 11 is 6.13. The molecule has 0 fully saturated rings. The highest BCUT2D eigenvalue weighted by molar-refractivity contribution is 9.12. The van der Waals surface area contributed by atoms with Gasteiger partial charge in [0, 0.05) is 15.6 Å². The smallest absolute Gasteiger partial charge is 0.244 e. The molecule has 0 aromatic heterocycles. The number of fused-ring (bicyclic) bond motifs is 1. The second-order valence-electron chi connectivity index (χ2n) is 3.01. The van der Waals surface area contributed by atoms with Crippen molar-refractivity contribution < 1.29 is 14.7 Å². The fraction of sp³-hybridized carbons (Fsp3) is 0. The summed E-state index contributed by atoms with van der Waals surface area (Å²) in [5.74, 6) is -1.53. The summed E-state index contributed by atoms with van der Waals surface area (Å²) in [6.45, 7) is 0. The van der Waals surface area contributed by atoms with Gasteiger partial charge in [0.25, 0.3) is 0 Å². The van der Waals surface area contributed by atoms with Crippen molar-refractivity contribution in [1.82, 2.24) is 0 Å². The number of hydrogen-bond acceptors (Lipinski definition) is 3. The molecule has 1 aliphatic rings. The van der Waals surface area contributed by atoms with Gasteiger partial charge in [-0.2, -0.15) is 0 Å². The number of allylic oxidation sites excluding steroid dienone is 1. The predicted molar refractivity (Wildman–Crippen MR) is 62.0 cm³/mol. The summed E-state index contributed by atoms with van der Waals surface area (Å²) in [7, 11) is 0. The van der Waals surface area contributed by atoms with Crippen molar-refractivity contribution in [2.24, 2.45) is 0 Å². The number of carbonyl (C=O) groups is 2. The molecule has 0 atom stereocenters. The van der Waals surface area contributed by atoms with E-state index in [4.69, 9.17) is 0 Å². The van der Waals surface area contributed by atoms with E-state index in [0.29, 0.717) is 5.56 Å². The first kappa shape index (κ1) is 10.6. The molecule has 76 valence electrons. The summed E-state index contributed by atoms with van der Waals surface area (Å²) in [4.78, 5) is 22.9. The Labute approximate surface area is 102 Å². The number of aliphatic hydroxyl groups excluding tert-OH is 1. The minimum atomic E-state index is -0.720. The standard InChI is InChI=1S/C10H4Br2O3/c11-4-1-2-5-6(3-4)8(13)7(12)10(15)9(5)14/h1-3,13H. The SMILES string of the molecule is O=C1C(=O)c2ccc(Br)cc2C(O)=C1Br. The maximum Gasteiger partial charge on any atom is 0.244 e. The van der Waals surface area contributed by atoms with Crippen LogP contribution in [0.4, 0.5) is 0 Å². The number of ketones is 2. The van der Waals surface area contributed by atoms with Gasteiger partial charge >= 0.3 is 0 Å². The molecule has 0 unspecified atom stereocenters. The van der Waals surface area contributed by atoms with E-state index in [1.54, 1.807) is 12.1 Å². The Bertz CT molecular complexity index is 517. The van der Waals surface area contributed by atoms with Crippen LogP contribution in [0.1, 0.15) is 15.9 Å². The van der Waals surface area contributed by atoms with E-state index < -0.39 is 11.6 Å². The van der Waals surface area contributed by atoms with Crippen LogP contribution < -0.4 is 0 Å². The van der Waals surface area contributed by atoms with E-state index >= 15 is 0 Å². The van der Waals surface area contributed by atoms with Gasteiger partial charge in [0.15, 0.2) is 0 Å². The molecule has 0 radical (unpaired) electrons. The largest absolute Gasteiger partial charge is 0.506 e. The van der Waals surface area contributed by atoms with E-state index in [1.807, 2.05) is 0 Å². The van der Waals surface area contributed by atoms with Gasteiger partial charge in [0.1, 0.15) is 10.2 Å². The molecule has 1 aromatic carbocycles. The van der Waals surface area contributed by atoms with E-state index in [-0.39, 0.29) is 15.8 Å². The molecule has 1 aliphatic carbocycles. The van der Waals surface area contributed by atoms with Crippen molar-refractivity contribution in [3.05, 3.63) is 38.3 Å². The van der Waals surface area contributed by atoms with E-state index in [9.17, 15) is 14.7 Å². The van der Waals surface area contributed by atoms with E-state index in [1.165, 1.54) is 6.07 Å². The molecule has 2 rings (SSSR count). The van der Waals surface area contributed by atoms with Crippen LogP contribution in [-0.2, 0) is 4.79 Å². The second-order valence-corrected chi connectivity index (χ2v) is 4.72. The van der Waals surface area contributed by atoms with Crippen molar-refractivity contribution >= 4 is 49.2 Å². The lowest BCUT2D eigenvalue weighted by Crippen LogP contribution is -2.21. The molecule has 0 saturated heterocycles. The third-order valence-corrected chi connectivity index (χ3v) is 3.32. The molecule has 0 bridgehead atoms. The van der Waals surface area contributed by atoms with Gasteiger partial charge in [0.2, 0.25) is 11.6 Å². The van der Waals surface area contributed by atoms with Crippen molar-refractivity contribution in [3.8, 4) is 0 Å². The molecule has 0 aliphatic heterocycles. The average Bonchev–Trinajstić information content (AvgIpc) is 2.23. The number of Topliss-reactive ketones (excluding diaryl/α,β-unsaturated/α-hetero) is 2. The summed E-state index contributed by atoms with van der Waals surface area (Å²) in [6, 6.07) is 4.75. The third-order valence-electron chi connectivity index (χ3n) is 2.09. The third kappa shape index (κ3) is 1.55. The Morgan fingerprint density at radius 3 is 2.33 bits per heavy atom. The van der Waals surface area contributed by atoms with Crippen molar-refractivity contribution in [2.45, 2.75) is 0 Å². The van der Waals surface area contributed by atoms with E-state index in [0.717, 1.165) is 4.47 Å². The van der Waals surface area contributed by atoms with Gasteiger partial charge in [-0.05, 0) is 34.1 Å². The second kappa shape index (κ2) is 3.57. The van der Waals surface area contributed by atoms with Crippen LogP contribution in [0.25, 0.3) is 5.76 Å². The first-order valence-corrected chi connectivity index (χ1v) is 5.58. The Hall–Kier alpha value is -0.940. The normalized spacial score (nSPS) is 15.6. The number of benzene rings is 1. The van der Waals surface area contributed by atoms with Crippen LogP contribution in [0, 0.1) is 0 Å². The molecule has 5 heteroatoms. The molecule has 0 amide bonds. The maximum atomic E-state index is 11.5. The lowest BCUT2D eigenvalue weighted by Gasteiger charge is -2.14. The Morgan fingerprint density at radius 1 is 1.00 bits per heavy atom. The number of rotatable bonds is 0. The highest BCUT2D eigenvalue weighted by Crippen LogP contribution is 2.32. The van der Waals surface area contributed by atoms with Gasteiger partial charge in [-0.25, -0.2) is 0 Å². The van der Waals surface area contributed by atoms with Crippen molar-refractivity contribution in [1.29, 1.82) is 0 Å². The topological polar surface area (TPSA) is 54.4 Å². The fourth-order valence-electron chi connectivity index (χ4n) is 1.36. The number of aliphatic hydroxyl groups is 1. The average molecular weight is 332 g/mol. The van der Waals surface area contributed by atoms with Crippen LogP contribution in [0.15, 0.2) is 27.2 Å². The molecular formula is C10H4Br2O3. The molecule has 1 aromatic rings. The van der Waals surface area contributed by atoms with Crippen LogP contribution in [0.2, 0.25) is 0 Å². The number of hydrogen-bond donors (Lipinski definition) is 1. The molecule has 0 heterocycles. The van der Waals surface area contributed by atoms with Crippen molar-refractivity contribution in [2.75, 3.05) is 0 Å². The zero-order valence-electron chi connectivity index (χ0n) is 7.25. The van der Waals surface area contributed by atoms with Crippen LogP contribution in [0.3, 0.4) is 0 Å². The highest BCUT2D eigenvalue weighted by Gasteiger charge is 2.31. The maximum absolute atomic E-state index is 11.5. The van der Waals surface area contributed by atoms with Gasteiger partial charge in [-0.3, -0.25) is 9.59 Å². The summed E-state index contributed by atoms with van der Waals surface area (Å²) in [5.41, 5.74) is 0.588. The molecule has 0 saturated carbocycles. The molecule has 0 spiro atoms. The quantitative estimate of drug-likeness (QED) is 0.744. The van der Waals surface area contributed by atoms with Crippen LogP contribution in [0.5, 0.6) is 0 Å². The fourth-order valence-corrected chi connectivity index (χ4v) is 2.11. The minimum Gasteiger partial charge on any atom is -0.506 e. The summed E-state index contributed by atoms with van der Waals surface area (Å²) < 4.78 is 0.647. The highest BCUT2D eigenvalue weighted by atomic mass is 79.9. The number of carbonyl (C=O) groups excluding carboxylic acids is 2. The van der Waals surface area contributed by atoms with Gasteiger partial charge in [-0.1, -0.05) is 15.9 Å². The number of halogens is 2. The summed E-state index contributed by atoms with van der Waals surface area (Å²) in [5, 5.41) is 9.68. The monoisotopic (exact) mass is 330 g/mol. The Morgan fingerprint density at radius 2 is 1.67 bits per heavy atom. The van der Waals surface area contributed by atoms with Crippen LogP contribution in [-0.4, -0.2) is 16.7 Å². The van der Waals surface area contributed by atoms with Crippen LogP contribution >= 0.6 is 31.9 Å². The zero-order chi connectivity index (χ0) is 11.2. The first-order chi connectivity index (χ1) is 7.02. The molecule has 3 nitrogen and oxygen atoms in total. The van der Waals surface area contributed by atoms with Crippen molar-refractivity contribution in [3.63, 3.8) is 0 Å². The summed E-state index contributed by atoms with van der Waals surface area (Å²) in [6.07, 6.45) is 0. The molecule has 1 N–H and O–H groups in total. The zero-order valence-corrected chi connectivity index (χ0v) is 10.4. The lowest BCUT2D eigenvalue weighted by atomic mass is 9.94. The van der Waals surface area contributed by atoms with E-state index in [2.05, 4.69) is 31.9 Å². The molecular weight excluding hydrogens is 328 g/mol. The van der Waals surface area contributed by atoms with Gasteiger partial charge in [-0.15, -0.1) is 0 Å². The van der Waals surface area contributed by atoms with Gasteiger partial charge in [0.05, 0.1) is 0 Å².